The standard InChI is InChI=1S/C39H50N4O5/c1-27-13-11-14-28(2)37(27)48-26-35(45)42-33(24-30-17-7-4-8-18-30)34(44)25-32(23-29-15-5-3-6-16-29)41-38(46)36(31-19-9-10-20-31)43-22-12-21-40-39(43)47/h3-8,11,13-18,31-34,36,44H,9-10,12,19-26H2,1-2H3,(H,40,47)(H,41,46)(H,42,45)/t32-,33-,34-,36-/m0/s1. The Morgan fingerprint density at radius 3 is 2.12 bits per heavy atom. The second kappa shape index (κ2) is 17.2. The van der Waals surface area contributed by atoms with Crippen molar-refractivity contribution in [3.8, 4) is 5.75 Å². The van der Waals surface area contributed by atoms with Gasteiger partial charge in [-0.15, -0.1) is 0 Å². The molecule has 256 valence electrons. The van der Waals surface area contributed by atoms with E-state index in [-0.39, 0.29) is 36.8 Å². The molecule has 0 unspecified atom stereocenters. The van der Waals surface area contributed by atoms with Gasteiger partial charge >= 0.3 is 6.03 Å². The van der Waals surface area contributed by atoms with Gasteiger partial charge in [-0.25, -0.2) is 4.79 Å². The van der Waals surface area contributed by atoms with Crippen LogP contribution >= 0.6 is 0 Å². The Morgan fingerprint density at radius 1 is 0.875 bits per heavy atom. The number of hydrogen-bond acceptors (Lipinski definition) is 5. The maximum absolute atomic E-state index is 14.2. The predicted molar refractivity (Wildman–Crippen MR) is 187 cm³/mol. The summed E-state index contributed by atoms with van der Waals surface area (Å²) >= 11 is 0. The number of para-hydroxylation sites is 1. The topological polar surface area (TPSA) is 120 Å². The number of ether oxygens (including phenoxy) is 1. The fourth-order valence-corrected chi connectivity index (χ4v) is 7.19. The van der Waals surface area contributed by atoms with Crippen molar-refractivity contribution in [3.63, 3.8) is 0 Å². The Morgan fingerprint density at radius 2 is 1.50 bits per heavy atom. The minimum atomic E-state index is -0.980. The lowest BCUT2D eigenvalue weighted by Gasteiger charge is -2.38. The summed E-state index contributed by atoms with van der Waals surface area (Å²) < 4.78 is 5.93. The number of urea groups is 1. The van der Waals surface area contributed by atoms with Gasteiger partial charge in [0.25, 0.3) is 5.91 Å². The van der Waals surface area contributed by atoms with Crippen molar-refractivity contribution in [2.45, 2.75) is 89.4 Å². The molecule has 1 aliphatic heterocycles. The molecule has 1 saturated heterocycles. The van der Waals surface area contributed by atoms with E-state index in [1.165, 1.54) is 0 Å². The summed E-state index contributed by atoms with van der Waals surface area (Å²) in [4.78, 5) is 42.1. The first kappa shape index (κ1) is 35.0. The average molecular weight is 655 g/mol. The molecule has 9 nitrogen and oxygen atoms in total. The molecule has 4 N–H and O–H groups in total. The zero-order valence-corrected chi connectivity index (χ0v) is 28.2. The number of aliphatic hydroxyl groups is 1. The Labute approximate surface area is 284 Å². The quantitative estimate of drug-likeness (QED) is 0.187. The van der Waals surface area contributed by atoms with Gasteiger partial charge in [0, 0.05) is 19.1 Å². The molecular weight excluding hydrogens is 604 g/mol. The van der Waals surface area contributed by atoms with Gasteiger partial charge in [0.05, 0.1) is 12.1 Å². The number of amides is 4. The zero-order chi connectivity index (χ0) is 33.9. The fourth-order valence-electron chi connectivity index (χ4n) is 7.19. The molecule has 0 spiro atoms. The molecule has 3 aromatic carbocycles. The Bertz CT molecular complexity index is 1470. The molecule has 4 amide bonds. The van der Waals surface area contributed by atoms with Crippen LogP contribution in [-0.4, -0.2) is 71.8 Å². The SMILES string of the molecule is Cc1cccc(C)c1OCC(=O)N[C@@H](Cc1ccccc1)[C@@H](O)C[C@H](Cc1ccccc1)NC(=O)[C@H](C1CCCC1)N1CCCNC1=O. The second-order valence-corrected chi connectivity index (χ2v) is 13.3. The van der Waals surface area contributed by atoms with Gasteiger partial charge in [-0.1, -0.05) is 91.7 Å². The predicted octanol–water partition coefficient (Wildman–Crippen LogP) is 4.86. The number of nitrogens with zero attached hydrogens (tertiary/aromatic N) is 1. The highest BCUT2D eigenvalue weighted by Crippen LogP contribution is 2.31. The van der Waals surface area contributed by atoms with E-state index in [9.17, 15) is 19.5 Å². The lowest BCUT2D eigenvalue weighted by atomic mass is 9.91. The first-order valence-electron chi connectivity index (χ1n) is 17.4. The number of rotatable bonds is 15. The minimum absolute atomic E-state index is 0.0955. The molecule has 3 aromatic rings. The summed E-state index contributed by atoms with van der Waals surface area (Å²) in [6, 6.07) is 23.6. The molecule has 1 saturated carbocycles. The summed E-state index contributed by atoms with van der Waals surface area (Å²) in [6.45, 7) is 4.86. The highest BCUT2D eigenvalue weighted by Gasteiger charge is 2.39. The fraction of sp³-hybridized carbons (Fsp3) is 0.462. The van der Waals surface area contributed by atoms with E-state index in [1.54, 1.807) is 4.90 Å². The lowest BCUT2D eigenvalue weighted by Crippen LogP contribution is -2.60. The monoisotopic (exact) mass is 654 g/mol. The van der Waals surface area contributed by atoms with Crippen LogP contribution in [0.5, 0.6) is 5.75 Å². The average Bonchev–Trinajstić information content (AvgIpc) is 3.61. The summed E-state index contributed by atoms with van der Waals surface area (Å²) in [6.07, 6.45) is 4.82. The maximum Gasteiger partial charge on any atom is 0.318 e. The molecular formula is C39H50N4O5. The molecule has 48 heavy (non-hydrogen) atoms. The Hall–Kier alpha value is -4.37. The number of aliphatic hydroxyl groups excluding tert-OH is 1. The van der Waals surface area contributed by atoms with Crippen molar-refractivity contribution in [2.75, 3.05) is 19.7 Å². The molecule has 4 atom stereocenters. The summed E-state index contributed by atoms with van der Waals surface area (Å²) in [5.41, 5.74) is 3.88. The van der Waals surface area contributed by atoms with Crippen LogP contribution < -0.4 is 20.7 Å². The number of nitrogens with one attached hydrogen (secondary N) is 3. The normalized spacial score (nSPS) is 17.6. The van der Waals surface area contributed by atoms with Crippen LogP contribution in [0.2, 0.25) is 0 Å². The van der Waals surface area contributed by atoms with E-state index in [0.29, 0.717) is 31.7 Å². The molecule has 1 aliphatic carbocycles. The highest BCUT2D eigenvalue weighted by molar-refractivity contribution is 5.88. The summed E-state index contributed by atoms with van der Waals surface area (Å²) in [7, 11) is 0. The Kier molecular flexibility index (Phi) is 12.5. The van der Waals surface area contributed by atoms with Crippen LogP contribution in [0.15, 0.2) is 78.9 Å². The lowest BCUT2D eigenvalue weighted by molar-refractivity contribution is -0.129. The smallest absolute Gasteiger partial charge is 0.318 e. The van der Waals surface area contributed by atoms with Crippen LogP contribution in [0, 0.1) is 19.8 Å². The molecule has 2 fully saturated rings. The van der Waals surface area contributed by atoms with Crippen molar-refractivity contribution in [1.29, 1.82) is 0 Å². The largest absolute Gasteiger partial charge is 0.483 e. The van der Waals surface area contributed by atoms with Crippen LogP contribution in [0.3, 0.4) is 0 Å². The van der Waals surface area contributed by atoms with E-state index in [2.05, 4.69) is 16.0 Å². The van der Waals surface area contributed by atoms with Gasteiger partial charge in [0.1, 0.15) is 11.8 Å². The third kappa shape index (κ3) is 9.60. The van der Waals surface area contributed by atoms with Crippen molar-refractivity contribution in [2.24, 2.45) is 5.92 Å². The molecule has 0 bridgehead atoms. The van der Waals surface area contributed by atoms with Crippen molar-refractivity contribution in [3.05, 3.63) is 101 Å². The van der Waals surface area contributed by atoms with Crippen molar-refractivity contribution < 1.29 is 24.2 Å². The first-order chi connectivity index (χ1) is 23.3. The Balaban J connectivity index is 1.34. The third-order valence-corrected chi connectivity index (χ3v) is 9.63. The third-order valence-electron chi connectivity index (χ3n) is 9.63. The zero-order valence-electron chi connectivity index (χ0n) is 28.2. The van der Waals surface area contributed by atoms with Gasteiger partial charge in [-0.05, 0) is 80.5 Å². The van der Waals surface area contributed by atoms with Gasteiger partial charge in [-0.2, -0.15) is 0 Å². The van der Waals surface area contributed by atoms with E-state index < -0.39 is 24.2 Å². The van der Waals surface area contributed by atoms with Crippen LogP contribution in [-0.2, 0) is 22.4 Å². The number of benzene rings is 3. The molecule has 2 aliphatic rings. The molecule has 0 aromatic heterocycles. The van der Waals surface area contributed by atoms with E-state index >= 15 is 0 Å². The van der Waals surface area contributed by atoms with Gasteiger partial charge in [0.15, 0.2) is 6.61 Å². The second-order valence-electron chi connectivity index (χ2n) is 13.3. The van der Waals surface area contributed by atoms with Crippen LogP contribution in [0.1, 0.15) is 60.8 Å². The first-order valence-corrected chi connectivity index (χ1v) is 17.4. The van der Waals surface area contributed by atoms with Gasteiger partial charge < -0.3 is 30.7 Å². The van der Waals surface area contributed by atoms with Crippen molar-refractivity contribution >= 4 is 17.8 Å². The summed E-state index contributed by atoms with van der Waals surface area (Å²) in [5.74, 6) is 0.257. The number of aryl methyl sites for hydroxylation is 2. The van der Waals surface area contributed by atoms with E-state index in [0.717, 1.165) is 54.4 Å². The van der Waals surface area contributed by atoms with Gasteiger partial charge in [-0.3, -0.25) is 9.59 Å². The molecule has 9 heteroatoms. The highest BCUT2D eigenvalue weighted by atomic mass is 16.5. The van der Waals surface area contributed by atoms with Gasteiger partial charge in [0.2, 0.25) is 5.91 Å². The minimum Gasteiger partial charge on any atom is -0.483 e. The number of carbonyl (C=O) groups is 3. The van der Waals surface area contributed by atoms with E-state index in [4.69, 9.17) is 4.74 Å². The number of carbonyl (C=O) groups excluding carboxylic acids is 3. The molecule has 0 radical (unpaired) electrons. The number of hydrogen-bond donors (Lipinski definition) is 4. The molecule has 1 heterocycles. The van der Waals surface area contributed by atoms with Crippen LogP contribution in [0.4, 0.5) is 4.79 Å². The molecule has 5 rings (SSSR count). The van der Waals surface area contributed by atoms with Crippen molar-refractivity contribution in [1.82, 2.24) is 20.9 Å². The summed E-state index contributed by atoms with van der Waals surface area (Å²) in [5, 5.41) is 21.0. The van der Waals surface area contributed by atoms with E-state index in [1.807, 2.05) is 92.7 Å². The van der Waals surface area contributed by atoms with Crippen LogP contribution in [0.25, 0.3) is 0 Å². The maximum atomic E-state index is 14.2.